The van der Waals surface area contributed by atoms with Crippen LogP contribution in [0.25, 0.3) is 10.9 Å². The highest BCUT2D eigenvalue weighted by Gasteiger charge is 2.36. The van der Waals surface area contributed by atoms with Gasteiger partial charge < -0.3 is 10.0 Å². The number of benzene rings is 1. The van der Waals surface area contributed by atoms with E-state index in [1.54, 1.807) is 11.9 Å². The van der Waals surface area contributed by atoms with E-state index in [0.717, 1.165) is 16.6 Å². The Bertz CT molecular complexity index is 926. The average Bonchev–Trinajstić information content (AvgIpc) is 3.04. The molecule has 2 amide bonds. The number of hydrogen-bond acceptors (Lipinski definition) is 5. The van der Waals surface area contributed by atoms with E-state index >= 15 is 0 Å². The van der Waals surface area contributed by atoms with Crippen molar-refractivity contribution in [1.29, 1.82) is 0 Å². The van der Waals surface area contributed by atoms with E-state index in [9.17, 15) is 14.7 Å². The molecule has 0 aliphatic carbocycles. The predicted molar refractivity (Wildman–Crippen MR) is 101 cm³/mol. The fraction of sp³-hybridized carbons (Fsp3) is 0.400. The molecule has 1 fully saturated rings. The highest BCUT2D eigenvalue weighted by molar-refractivity contribution is 6.39. The third kappa shape index (κ3) is 3.55. The number of nitrogens with zero attached hydrogens (tertiary/aromatic N) is 4. The number of hydrogen-bond donors (Lipinski definition) is 1. The number of aliphatic hydroxyl groups is 1. The van der Waals surface area contributed by atoms with Crippen molar-refractivity contribution < 1.29 is 14.7 Å². The Morgan fingerprint density at radius 3 is 2.81 bits per heavy atom. The summed E-state index contributed by atoms with van der Waals surface area (Å²) in [7, 11) is 1.56. The summed E-state index contributed by atoms with van der Waals surface area (Å²) in [5.41, 5.74) is 2.22. The summed E-state index contributed by atoms with van der Waals surface area (Å²) >= 11 is 0. The zero-order valence-electron chi connectivity index (χ0n) is 15.2. The maximum atomic E-state index is 12.7. The molecule has 0 radical (unpaired) electrons. The maximum absolute atomic E-state index is 12.7. The van der Waals surface area contributed by atoms with Gasteiger partial charge in [0.15, 0.2) is 0 Å². The number of β-amino-alcohol motifs (C(OH)–C–C–N with tert-alkyl or cyclic N) is 1. The molecule has 0 spiro atoms. The van der Waals surface area contributed by atoms with Crippen LogP contribution in [0.15, 0.2) is 41.5 Å². The Hall–Kier alpha value is -2.80. The van der Waals surface area contributed by atoms with Crippen molar-refractivity contribution in [3.63, 3.8) is 0 Å². The summed E-state index contributed by atoms with van der Waals surface area (Å²) in [5, 5.41) is 16.8. The Morgan fingerprint density at radius 1 is 1.19 bits per heavy atom. The molecule has 7 heteroatoms. The lowest BCUT2D eigenvalue weighted by Gasteiger charge is -2.22. The lowest BCUT2D eigenvalue weighted by Crippen LogP contribution is -2.40. The molecule has 0 unspecified atom stereocenters. The molecule has 2 aromatic rings. The van der Waals surface area contributed by atoms with Gasteiger partial charge in [0.25, 0.3) is 5.91 Å². The van der Waals surface area contributed by atoms with Gasteiger partial charge in [-0.05, 0) is 18.6 Å². The van der Waals surface area contributed by atoms with Crippen LogP contribution in [0.2, 0.25) is 0 Å². The van der Waals surface area contributed by atoms with Crippen LogP contribution in [-0.2, 0) is 16.0 Å². The molecular formula is C20H22N4O3. The molecule has 0 bridgehead atoms. The van der Waals surface area contributed by atoms with Gasteiger partial charge in [-0.15, -0.1) is 0 Å². The first kappa shape index (κ1) is 17.6. The molecule has 2 aliphatic rings. The molecule has 3 heterocycles. The lowest BCUT2D eigenvalue weighted by atomic mass is 9.99. The molecule has 27 heavy (non-hydrogen) atoms. The summed E-state index contributed by atoms with van der Waals surface area (Å²) < 4.78 is 0. The summed E-state index contributed by atoms with van der Waals surface area (Å²) in [5.74, 6) is -0.346. The quantitative estimate of drug-likeness (QED) is 0.885. The van der Waals surface area contributed by atoms with Gasteiger partial charge >= 0.3 is 0 Å². The van der Waals surface area contributed by atoms with Crippen LogP contribution in [-0.4, -0.2) is 63.8 Å². The number of carbonyl (C=O) groups excluding carboxylic acids is 2. The summed E-state index contributed by atoms with van der Waals surface area (Å²) in [6.07, 6.45) is 0.666. The predicted octanol–water partition coefficient (Wildman–Crippen LogP) is 1.20. The van der Waals surface area contributed by atoms with Crippen LogP contribution in [0.4, 0.5) is 0 Å². The van der Waals surface area contributed by atoms with Gasteiger partial charge in [0.05, 0.1) is 11.6 Å². The molecule has 7 nitrogen and oxygen atoms in total. The number of carbonyl (C=O) groups is 2. The molecule has 1 aromatic carbocycles. The first-order chi connectivity index (χ1) is 13.0. The van der Waals surface area contributed by atoms with Crippen molar-refractivity contribution in [2.75, 3.05) is 20.1 Å². The molecule has 1 aromatic heterocycles. The molecule has 140 valence electrons. The van der Waals surface area contributed by atoms with Crippen molar-refractivity contribution in [3.8, 4) is 0 Å². The number of amides is 2. The second-order valence-corrected chi connectivity index (χ2v) is 7.20. The van der Waals surface area contributed by atoms with Crippen LogP contribution < -0.4 is 0 Å². The minimum absolute atomic E-state index is 0.0637. The number of aromatic nitrogens is 1. The SMILES string of the molecule is CN1N=C(C(=O)N2C[C@@H](Cc3ccc4ccccc4n3)[C@H](O)C2)CCC1=O. The summed E-state index contributed by atoms with van der Waals surface area (Å²) in [4.78, 5) is 30.5. The van der Waals surface area contributed by atoms with Crippen LogP contribution in [0.1, 0.15) is 18.5 Å². The van der Waals surface area contributed by atoms with E-state index in [0.29, 0.717) is 31.5 Å². The van der Waals surface area contributed by atoms with Crippen LogP contribution in [0, 0.1) is 5.92 Å². The average molecular weight is 366 g/mol. The molecule has 4 rings (SSSR count). The highest BCUT2D eigenvalue weighted by Crippen LogP contribution is 2.23. The van der Waals surface area contributed by atoms with E-state index in [4.69, 9.17) is 0 Å². The number of aliphatic hydroxyl groups excluding tert-OH is 1. The Labute approximate surface area is 157 Å². The Kier molecular flexibility index (Phi) is 4.61. The van der Waals surface area contributed by atoms with E-state index in [-0.39, 0.29) is 24.3 Å². The highest BCUT2D eigenvalue weighted by atomic mass is 16.3. The second-order valence-electron chi connectivity index (χ2n) is 7.20. The number of fused-ring (bicyclic) bond motifs is 1. The van der Waals surface area contributed by atoms with Crippen molar-refractivity contribution in [2.45, 2.75) is 25.4 Å². The molecule has 2 aliphatic heterocycles. The molecule has 0 saturated carbocycles. The topological polar surface area (TPSA) is 86.1 Å². The van der Waals surface area contributed by atoms with Gasteiger partial charge in [-0.25, -0.2) is 5.01 Å². The van der Waals surface area contributed by atoms with Crippen molar-refractivity contribution in [2.24, 2.45) is 11.0 Å². The van der Waals surface area contributed by atoms with Gasteiger partial charge in [0.2, 0.25) is 5.91 Å². The number of pyridine rings is 1. The largest absolute Gasteiger partial charge is 0.391 e. The lowest BCUT2D eigenvalue weighted by molar-refractivity contribution is -0.130. The third-order valence-electron chi connectivity index (χ3n) is 5.28. The van der Waals surface area contributed by atoms with E-state index in [2.05, 4.69) is 10.1 Å². The van der Waals surface area contributed by atoms with Crippen molar-refractivity contribution in [3.05, 3.63) is 42.1 Å². The van der Waals surface area contributed by atoms with Gasteiger partial charge in [-0.2, -0.15) is 5.10 Å². The fourth-order valence-electron chi connectivity index (χ4n) is 3.72. The number of para-hydroxylation sites is 1. The van der Waals surface area contributed by atoms with E-state index in [1.807, 2.05) is 36.4 Å². The zero-order chi connectivity index (χ0) is 19.0. The van der Waals surface area contributed by atoms with Gasteiger partial charge in [0, 0.05) is 50.0 Å². The second kappa shape index (κ2) is 7.08. The van der Waals surface area contributed by atoms with Gasteiger partial charge in [-0.3, -0.25) is 14.6 Å². The van der Waals surface area contributed by atoms with Crippen molar-refractivity contribution >= 4 is 28.4 Å². The van der Waals surface area contributed by atoms with Crippen molar-refractivity contribution in [1.82, 2.24) is 14.9 Å². The van der Waals surface area contributed by atoms with Gasteiger partial charge in [0.1, 0.15) is 5.71 Å². The van der Waals surface area contributed by atoms with Crippen LogP contribution in [0.3, 0.4) is 0 Å². The fourth-order valence-corrected chi connectivity index (χ4v) is 3.72. The molecule has 1 N–H and O–H groups in total. The Morgan fingerprint density at radius 2 is 2.00 bits per heavy atom. The Balaban J connectivity index is 1.45. The minimum Gasteiger partial charge on any atom is -0.391 e. The number of likely N-dealkylation sites (tertiary alicyclic amines) is 1. The smallest absolute Gasteiger partial charge is 0.270 e. The van der Waals surface area contributed by atoms with E-state index in [1.165, 1.54) is 5.01 Å². The normalized spacial score (nSPS) is 23.0. The number of rotatable bonds is 3. The molecular weight excluding hydrogens is 344 g/mol. The van der Waals surface area contributed by atoms with Crippen LogP contribution in [0.5, 0.6) is 0 Å². The minimum atomic E-state index is -0.592. The summed E-state index contributed by atoms with van der Waals surface area (Å²) in [6.45, 7) is 0.749. The monoisotopic (exact) mass is 366 g/mol. The zero-order valence-corrected chi connectivity index (χ0v) is 15.2. The molecule has 1 saturated heterocycles. The first-order valence-corrected chi connectivity index (χ1v) is 9.17. The third-order valence-corrected chi connectivity index (χ3v) is 5.28. The number of hydrazone groups is 1. The summed E-state index contributed by atoms with van der Waals surface area (Å²) in [6, 6.07) is 11.9. The van der Waals surface area contributed by atoms with E-state index < -0.39 is 6.10 Å². The van der Waals surface area contributed by atoms with Gasteiger partial charge in [-0.1, -0.05) is 24.3 Å². The first-order valence-electron chi connectivity index (χ1n) is 9.17. The maximum Gasteiger partial charge on any atom is 0.270 e. The molecule has 2 atom stereocenters. The standard InChI is InChI=1S/C20H22N4O3/c1-23-19(26)9-8-17(22-23)20(27)24-11-14(18(25)12-24)10-15-7-6-13-4-2-3-5-16(13)21-15/h2-7,14,18,25H,8-12H2,1H3/t14-,18-/m1/s1. The van der Waals surface area contributed by atoms with Crippen LogP contribution >= 0.6 is 0 Å².